The molecule has 126 valence electrons. The molecule has 0 saturated heterocycles. The Labute approximate surface area is 141 Å². The van der Waals surface area contributed by atoms with Gasteiger partial charge < -0.3 is 5.32 Å². The van der Waals surface area contributed by atoms with Crippen LogP contribution < -0.4 is 10.7 Å². The second-order valence-corrected chi connectivity index (χ2v) is 5.26. The van der Waals surface area contributed by atoms with Gasteiger partial charge in [-0.05, 0) is 49.5 Å². The first-order valence-corrected chi connectivity index (χ1v) is 7.21. The molecule has 24 heavy (non-hydrogen) atoms. The molecule has 0 aliphatic heterocycles. The molecule has 0 aliphatic carbocycles. The fourth-order valence-electron chi connectivity index (χ4n) is 1.85. The molecule has 0 heterocycles. The van der Waals surface area contributed by atoms with E-state index in [0.717, 1.165) is 12.1 Å². The predicted molar refractivity (Wildman–Crippen MR) is 89.4 cm³/mol. The van der Waals surface area contributed by atoms with Crippen LogP contribution in [0.2, 0.25) is 0 Å². The average Bonchev–Trinajstić information content (AvgIpc) is 2.52. The molecule has 3 nitrogen and oxygen atoms in total. The van der Waals surface area contributed by atoms with Gasteiger partial charge in [-0.1, -0.05) is 18.2 Å². The van der Waals surface area contributed by atoms with E-state index in [1.807, 2.05) is 0 Å². The van der Waals surface area contributed by atoms with Crippen LogP contribution in [0.4, 0.5) is 23.2 Å². The Hall–Kier alpha value is -2.48. The van der Waals surface area contributed by atoms with E-state index in [0.29, 0.717) is 11.3 Å². The van der Waals surface area contributed by atoms with Gasteiger partial charge in [0.15, 0.2) is 5.11 Å². The first-order valence-electron chi connectivity index (χ1n) is 6.80. The van der Waals surface area contributed by atoms with Crippen LogP contribution in [0.5, 0.6) is 0 Å². The van der Waals surface area contributed by atoms with Gasteiger partial charge in [0.25, 0.3) is 0 Å². The van der Waals surface area contributed by atoms with Gasteiger partial charge in [-0.15, -0.1) is 0 Å². The summed E-state index contributed by atoms with van der Waals surface area (Å²) in [4.78, 5) is 0. The summed E-state index contributed by atoms with van der Waals surface area (Å²) in [5, 5.41) is 6.61. The van der Waals surface area contributed by atoms with Crippen molar-refractivity contribution in [3.63, 3.8) is 0 Å². The highest BCUT2D eigenvalue weighted by Gasteiger charge is 2.30. The predicted octanol–water partition coefficient (Wildman–Crippen LogP) is 4.56. The van der Waals surface area contributed by atoms with Crippen LogP contribution in [-0.2, 0) is 6.18 Å². The lowest BCUT2D eigenvalue weighted by Gasteiger charge is -2.11. The number of nitrogens with one attached hydrogen (secondary N) is 2. The Kier molecular flexibility index (Phi) is 5.50. The fourth-order valence-corrected chi connectivity index (χ4v) is 2.01. The molecule has 0 bridgehead atoms. The smallest absolute Gasteiger partial charge is 0.331 e. The first-order chi connectivity index (χ1) is 11.3. The summed E-state index contributed by atoms with van der Waals surface area (Å²) < 4.78 is 51.1. The zero-order valence-corrected chi connectivity index (χ0v) is 13.3. The minimum Gasteiger partial charge on any atom is -0.331 e. The number of thiocarbonyl (C=S) groups is 1. The summed E-state index contributed by atoms with van der Waals surface area (Å²) in [5.74, 6) is -0.397. The molecule has 0 fully saturated rings. The van der Waals surface area contributed by atoms with Crippen LogP contribution in [0, 0.1) is 5.82 Å². The van der Waals surface area contributed by atoms with Gasteiger partial charge >= 0.3 is 6.18 Å². The Balaban J connectivity index is 2.02. The SMILES string of the molecule is C/C(=N\NC(=S)Nc1cccc(C(F)(F)F)c1)c1cccc(F)c1. The van der Waals surface area contributed by atoms with Gasteiger partial charge in [-0.3, -0.25) is 5.43 Å². The summed E-state index contributed by atoms with van der Waals surface area (Å²) in [7, 11) is 0. The number of hydrazone groups is 1. The summed E-state index contributed by atoms with van der Waals surface area (Å²) in [6, 6.07) is 10.5. The standard InChI is InChI=1S/C16H13F4N3S/c1-10(11-4-2-6-13(17)8-11)22-23-15(24)21-14-7-3-5-12(9-14)16(18,19)20/h2-9H,1H3,(H2,21,23,24)/b22-10+. The second kappa shape index (κ2) is 7.39. The van der Waals surface area contributed by atoms with Crippen molar-refractivity contribution in [3.05, 3.63) is 65.5 Å². The van der Waals surface area contributed by atoms with E-state index in [1.54, 1.807) is 19.1 Å². The van der Waals surface area contributed by atoms with Gasteiger partial charge in [0, 0.05) is 11.3 Å². The van der Waals surface area contributed by atoms with Crippen molar-refractivity contribution in [2.75, 3.05) is 5.32 Å². The zero-order valence-electron chi connectivity index (χ0n) is 12.5. The van der Waals surface area contributed by atoms with E-state index in [2.05, 4.69) is 15.8 Å². The lowest BCUT2D eigenvalue weighted by Crippen LogP contribution is -2.25. The number of hydrogen-bond acceptors (Lipinski definition) is 2. The van der Waals surface area contributed by atoms with Crippen molar-refractivity contribution in [3.8, 4) is 0 Å². The average molecular weight is 355 g/mol. The number of anilines is 1. The molecule has 0 amide bonds. The molecular weight excluding hydrogens is 342 g/mol. The highest BCUT2D eigenvalue weighted by Crippen LogP contribution is 2.30. The van der Waals surface area contributed by atoms with E-state index < -0.39 is 17.6 Å². The second-order valence-electron chi connectivity index (χ2n) is 4.85. The molecule has 0 unspecified atom stereocenters. The number of halogens is 4. The van der Waals surface area contributed by atoms with Gasteiger partial charge in [-0.2, -0.15) is 18.3 Å². The van der Waals surface area contributed by atoms with E-state index in [-0.39, 0.29) is 10.8 Å². The third-order valence-electron chi connectivity index (χ3n) is 3.02. The third-order valence-corrected chi connectivity index (χ3v) is 3.21. The van der Waals surface area contributed by atoms with Crippen molar-refractivity contribution in [1.29, 1.82) is 0 Å². The fraction of sp³-hybridized carbons (Fsp3) is 0.125. The van der Waals surface area contributed by atoms with Crippen molar-refractivity contribution >= 4 is 28.7 Å². The molecule has 2 rings (SSSR count). The van der Waals surface area contributed by atoms with Gasteiger partial charge in [0.1, 0.15) is 5.82 Å². The maximum absolute atomic E-state index is 13.1. The lowest BCUT2D eigenvalue weighted by molar-refractivity contribution is -0.137. The van der Waals surface area contributed by atoms with Crippen LogP contribution in [0.3, 0.4) is 0 Å². The molecule has 0 aliphatic rings. The van der Waals surface area contributed by atoms with Crippen LogP contribution in [0.15, 0.2) is 53.6 Å². The number of rotatable bonds is 3. The summed E-state index contributed by atoms with van der Waals surface area (Å²) in [5.41, 5.74) is 2.94. The maximum atomic E-state index is 13.1. The molecule has 0 aromatic heterocycles. The number of nitrogens with zero attached hydrogens (tertiary/aromatic N) is 1. The van der Waals surface area contributed by atoms with E-state index in [4.69, 9.17) is 12.2 Å². The Morgan fingerprint density at radius 3 is 2.46 bits per heavy atom. The maximum Gasteiger partial charge on any atom is 0.416 e. The molecule has 0 radical (unpaired) electrons. The van der Waals surface area contributed by atoms with Crippen LogP contribution in [-0.4, -0.2) is 10.8 Å². The summed E-state index contributed by atoms with van der Waals surface area (Å²) in [6.07, 6.45) is -4.43. The highest BCUT2D eigenvalue weighted by molar-refractivity contribution is 7.80. The molecule has 8 heteroatoms. The van der Waals surface area contributed by atoms with Crippen molar-refractivity contribution in [2.45, 2.75) is 13.1 Å². The lowest BCUT2D eigenvalue weighted by atomic mass is 10.1. The highest BCUT2D eigenvalue weighted by atomic mass is 32.1. The number of alkyl halides is 3. The van der Waals surface area contributed by atoms with E-state index in [9.17, 15) is 17.6 Å². The van der Waals surface area contributed by atoms with Crippen molar-refractivity contribution in [1.82, 2.24) is 5.43 Å². The van der Waals surface area contributed by atoms with E-state index >= 15 is 0 Å². The molecule has 0 atom stereocenters. The van der Waals surface area contributed by atoms with Crippen LogP contribution in [0.25, 0.3) is 0 Å². The largest absolute Gasteiger partial charge is 0.416 e. The third kappa shape index (κ3) is 5.02. The zero-order chi connectivity index (χ0) is 17.7. The van der Waals surface area contributed by atoms with E-state index in [1.165, 1.54) is 24.3 Å². The van der Waals surface area contributed by atoms with Crippen LogP contribution in [0.1, 0.15) is 18.1 Å². The minimum absolute atomic E-state index is 0.0186. The summed E-state index contributed by atoms with van der Waals surface area (Å²) in [6.45, 7) is 1.65. The van der Waals surface area contributed by atoms with Gasteiger partial charge in [-0.25, -0.2) is 4.39 Å². The molecule has 2 N–H and O–H groups in total. The molecular formula is C16H13F4N3S. The molecule has 0 spiro atoms. The van der Waals surface area contributed by atoms with Crippen molar-refractivity contribution < 1.29 is 17.6 Å². The Morgan fingerprint density at radius 2 is 1.79 bits per heavy atom. The quantitative estimate of drug-likeness (QED) is 0.367. The monoisotopic (exact) mass is 355 g/mol. The normalized spacial score (nSPS) is 12.0. The van der Waals surface area contributed by atoms with Gasteiger partial charge in [0.05, 0.1) is 11.3 Å². The molecule has 0 saturated carbocycles. The number of benzene rings is 2. The minimum atomic E-state index is -4.43. The summed E-state index contributed by atoms with van der Waals surface area (Å²) >= 11 is 4.98. The molecule has 2 aromatic carbocycles. The first kappa shape index (κ1) is 17.9. The topological polar surface area (TPSA) is 36.4 Å². The number of hydrogen-bond donors (Lipinski definition) is 2. The van der Waals surface area contributed by atoms with Gasteiger partial charge in [0.2, 0.25) is 0 Å². The Bertz CT molecular complexity index is 772. The molecule has 2 aromatic rings. The Morgan fingerprint density at radius 1 is 1.08 bits per heavy atom. The van der Waals surface area contributed by atoms with Crippen molar-refractivity contribution in [2.24, 2.45) is 5.10 Å². The van der Waals surface area contributed by atoms with Crippen LogP contribution >= 0.6 is 12.2 Å².